The molecule has 2 amide bonds. The Morgan fingerprint density at radius 2 is 2.15 bits per heavy atom. The number of rotatable bonds is 2. The van der Waals surface area contributed by atoms with Crippen LogP contribution in [0.4, 0.5) is 0 Å². The minimum Gasteiger partial charge on any atom is -0.467 e. The first-order chi connectivity index (χ1) is 12.3. The second kappa shape index (κ2) is 5.77. The predicted octanol–water partition coefficient (Wildman–Crippen LogP) is 2.47. The van der Waals surface area contributed by atoms with Gasteiger partial charge >= 0.3 is 0 Å². The quantitative estimate of drug-likeness (QED) is 0.804. The van der Waals surface area contributed by atoms with Crippen LogP contribution in [0.1, 0.15) is 49.9 Å². The standard InChI is InChI=1S/C21H24N2O3/c1-4-20(2,3)22-19(25)16-11-14-10-9-13(16)12-21(14)23-18(24)15-7-5-6-8-17(15)26-21/h1,5-8,13-14,16H,9-12H2,2-3H3,(H,22,25)(H,23,24)/t13-,14+,16-,21+/m0/s1. The maximum absolute atomic E-state index is 12.8. The van der Waals surface area contributed by atoms with Crippen LogP contribution in [0, 0.1) is 30.1 Å². The van der Waals surface area contributed by atoms with Crippen molar-refractivity contribution in [2.75, 3.05) is 0 Å². The maximum Gasteiger partial charge on any atom is 0.258 e. The van der Waals surface area contributed by atoms with E-state index in [2.05, 4.69) is 16.6 Å². The first-order valence-electron chi connectivity index (χ1n) is 9.24. The van der Waals surface area contributed by atoms with Gasteiger partial charge < -0.3 is 15.4 Å². The lowest BCUT2D eigenvalue weighted by atomic mass is 9.59. The molecular formula is C21H24N2O3. The minimum atomic E-state index is -0.688. The third-order valence-electron chi connectivity index (χ3n) is 6.10. The van der Waals surface area contributed by atoms with Gasteiger partial charge in [0, 0.05) is 18.3 Å². The second-order valence-electron chi connectivity index (χ2n) is 8.28. The van der Waals surface area contributed by atoms with E-state index in [1.54, 1.807) is 6.07 Å². The molecule has 4 atom stereocenters. The van der Waals surface area contributed by atoms with Crippen molar-refractivity contribution < 1.29 is 14.3 Å². The Kier molecular flexibility index (Phi) is 3.76. The SMILES string of the molecule is C#CC(C)(C)NC(=O)[C@H]1C[C@H]2CC[C@H]1C[C@]21NC(=O)c2ccccc2O1. The Hall–Kier alpha value is -2.48. The summed E-state index contributed by atoms with van der Waals surface area (Å²) in [6.45, 7) is 3.66. The van der Waals surface area contributed by atoms with Crippen LogP contribution in [0.5, 0.6) is 5.75 Å². The number of para-hydroxylation sites is 1. The summed E-state index contributed by atoms with van der Waals surface area (Å²) in [5.74, 6) is 3.40. The van der Waals surface area contributed by atoms with Crippen molar-refractivity contribution in [3.63, 3.8) is 0 Å². The zero-order chi connectivity index (χ0) is 18.5. The van der Waals surface area contributed by atoms with E-state index >= 15 is 0 Å². The molecule has 5 heteroatoms. The molecule has 5 nitrogen and oxygen atoms in total. The molecule has 0 unspecified atom stereocenters. The largest absolute Gasteiger partial charge is 0.467 e. The van der Waals surface area contributed by atoms with Crippen LogP contribution < -0.4 is 15.4 Å². The molecule has 4 aliphatic rings. The highest BCUT2D eigenvalue weighted by Crippen LogP contribution is 2.52. The highest BCUT2D eigenvalue weighted by molar-refractivity contribution is 5.98. The van der Waals surface area contributed by atoms with Crippen molar-refractivity contribution in [3.8, 4) is 18.1 Å². The van der Waals surface area contributed by atoms with E-state index in [0.717, 1.165) is 12.8 Å². The van der Waals surface area contributed by atoms with Crippen LogP contribution in [-0.4, -0.2) is 23.1 Å². The number of carbonyl (C=O) groups is 2. The molecule has 2 N–H and O–H groups in total. The summed E-state index contributed by atoms with van der Waals surface area (Å²) >= 11 is 0. The lowest BCUT2D eigenvalue weighted by Gasteiger charge is -2.55. The highest BCUT2D eigenvalue weighted by Gasteiger charge is 2.57. The van der Waals surface area contributed by atoms with Crippen molar-refractivity contribution in [2.45, 2.75) is 50.8 Å². The van der Waals surface area contributed by atoms with Gasteiger partial charge in [0.25, 0.3) is 5.91 Å². The zero-order valence-electron chi connectivity index (χ0n) is 15.2. The molecule has 26 heavy (non-hydrogen) atoms. The van der Waals surface area contributed by atoms with Crippen LogP contribution in [-0.2, 0) is 4.79 Å². The van der Waals surface area contributed by atoms with E-state index in [4.69, 9.17) is 11.2 Å². The third-order valence-corrected chi connectivity index (χ3v) is 6.10. The van der Waals surface area contributed by atoms with Crippen LogP contribution >= 0.6 is 0 Å². The molecule has 1 spiro atoms. The van der Waals surface area contributed by atoms with E-state index in [-0.39, 0.29) is 29.6 Å². The van der Waals surface area contributed by atoms with Crippen molar-refractivity contribution in [2.24, 2.45) is 17.8 Å². The van der Waals surface area contributed by atoms with Gasteiger partial charge in [-0.05, 0) is 51.2 Å². The van der Waals surface area contributed by atoms with Crippen LogP contribution in [0.2, 0.25) is 0 Å². The summed E-state index contributed by atoms with van der Waals surface area (Å²) in [5.41, 5.74) is -0.767. The molecule has 1 aromatic carbocycles. The van der Waals surface area contributed by atoms with E-state index in [0.29, 0.717) is 24.2 Å². The summed E-state index contributed by atoms with van der Waals surface area (Å²) in [7, 11) is 0. The molecule has 0 radical (unpaired) electrons. The summed E-state index contributed by atoms with van der Waals surface area (Å²) in [6, 6.07) is 7.33. The molecule has 3 fully saturated rings. The number of carbonyl (C=O) groups excluding carboxylic acids is 2. The fraction of sp³-hybridized carbons (Fsp3) is 0.524. The zero-order valence-corrected chi connectivity index (χ0v) is 15.2. The molecule has 2 bridgehead atoms. The molecule has 1 heterocycles. The van der Waals surface area contributed by atoms with Crippen molar-refractivity contribution >= 4 is 11.8 Å². The number of nitrogens with one attached hydrogen (secondary N) is 2. The van der Waals surface area contributed by atoms with Gasteiger partial charge in [0.15, 0.2) is 5.72 Å². The average molecular weight is 352 g/mol. The Bertz CT molecular complexity index is 810. The van der Waals surface area contributed by atoms with Crippen LogP contribution in [0.25, 0.3) is 0 Å². The van der Waals surface area contributed by atoms with Gasteiger partial charge in [0.05, 0.1) is 11.1 Å². The monoisotopic (exact) mass is 352 g/mol. The number of fused-ring (bicyclic) bond motifs is 3. The van der Waals surface area contributed by atoms with Gasteiger partial charge in [-0.1, -0.05) is 18.1 Å². The lowest BCUT2D eigenvalue weighted by molar-refractivity contribution is -0.147. The fourth-order valence-electron chi connectivity index (χ4n) is 4.72. The number of benzene rings is 1. The van der Waals surface area contributed by atoms with E-state index < -0.39 is 11.3 Å². The highest BCUT2D eigenvalue weighted by atomic mass is 16.5. The van der Waals surface area contributed by atoms with Crippen molar-refractivity contribution in [1.82, 2.24) is 10.6 Å². The molecular weight excluding hydrogens is 328 g/mol. The molecule has 0 aromatic heterocycles. The number of terminal acetylenes is 1. The maximum atomic E-state index is 12.8. The van der Waals surface area contributed by atoms with Crippen LogP contribution in [0.15, 0.2) is 24.3 Å². The normalized spacial score (nSPS) is 32.2. The van der Waals surface area contributed by atoms with E-state index in [1.165, 1.54) is 0 Å². The Morgan fingerprint density at radius 3 is 2.85 bits per heavy atom. The van der Waals surface area contributed by atoms with Gasteiger partial charge in [-0.2, -0.15) is 0 Å². The van der Waals surface area contributed by atoms with Gasteiger partial charge in [-0.15, -0.1) is 6.42 Å². The lowest BCUT2D eigenvalue weighted by Crippen LogP contribution is -2.67. The smallest absolute Gasteiger partial charge is 0.258 e. The topological polar surface area (TPSA) is 67.4 Å². The van der Waals surface area contributed by atoms with Crippen molar-refractivity contribution in [1.29, 1.82) is 0 Å². The van der Waals surface area contributed by atoms with Crippen molar-refractivity contribution in [3.05, 3.63) is 29.8 Å². The van der Waals surface area contributed by atoms with E-state index in [9.17, 15) is 9.59 Å². The second-order valence-corrected chi connectivity index (χ2v) is 8.28. The number of hydrogen-bond acceptors (Lipinski definition) is 3. The minimum absolute atomic E-state index is 0.0139. The number of amides is 2. The molecule has 5 rings (SSSR count). The number of ether oxygens (including phenoxy) is 1. The predicted molar refractivity (Wildman–Crippen MR) is 97.3 cm³/mol. The molecule has 0 saturated heterocycles. The number of hydrogen-bond donors (Lipinski definition) is 2. The average Bonchev–Trinajstić information content (AvgIpc) is 2.61. The van der Waals surface area contributed by atoms with Gasteiger partial charge in [0.1, 0.15) is 5.75 Å². The van der Waals surface area contributed by atoms with Crippen LogP contribution in [0.3, 0.4) is 0 Å². The molecule has 3 saturated carbocycles. The molecule has 1 aliphatic heterocycles. The Labute approximate surface area is 153 Å². The summed E-state index contributed by atoms with van der Waals surface area (Å²) < 4.78 is 6.32. The molecule has 3 aliphatic carbocycles. The first-order valence-corrected chi connectivity index (χ1v) is 9.24. The fourth-order valence-corrected chi connectivity index (χ4v) is 4.72. The van der Waals surface area contributed by atoms with Gasteiger partial charge in [0.2, 0.25) is 5.91 Å². The summed E-state index contributed by atoms with van der Waals surface area (Å²) in [5, 5.41) is 6.09. The third kappa shape index (κ3) is 2.65. The first kappa shape index (κ1) is 17.0. The Morgan fingerprint density at radius 1 is 1.38 bits per heavy atom. The molecule has 1 aromatic rings. The summed E-state index contributed by atoms with van der Waals surface area (Å²) in [4.78, 5) is 25.3. The Balaban J connectivity index is 1.56. The summed E-state index contributed by atoms with van der Waals surface area (Å²) in [6.07, 6.45) is 8.79. The van der Waals surface area contributed by atoms with Gasteiger partial charge in [-0.3, -0.25) is 9.59 Å². The van der Waals surface area contributed by atoms with E-state index in [1.807, 2.05) is 32.0 Å². The van der Waals surface area contributed by atoms with Gasteiger partial charge in [-0.25, -0.2) is 0 Å². The molecule has 136 valence electrons.